The van der Waals surface area contributed by atoms with Crippen molar-refractivity contribution in [3.8, 4) is 0 Å². The quantitative estimate of drug-likeness (QED) is 0.615. The first-order valence-corrected chi connectivity index (χ1v) is 10.7. The van der Waals surface area contributed by atoms with Gasteiger partial charge in [-0.3, -0.25) is 9.10 Å². The summed E-state index contributed by atoms with van der Waals surface area (Å²) in [5.41, 5.74) is 3.04. The number of para-hydroxylation sites is 1. The van der Waals surface area contributed by atoms with Gasteiger partial charge >= 0.3 is 0 Å². The molecule has 0 atom stereocenters. The van der Waals surface area contributed by atoms with E-state index in [0.717, 1.165) is 11.1 Å². The number of benzene rings is 3. The van der Waals surface area contributed by atoms with Crippen LogP contribution in [0.1, 0.15) is 11.1 Å². The zero-order chi connectivity index (χ0) is 21.0. The van der Waals surface area contributed by atoms with Crippen LogP contribution in [0.2, 0.25) is 0 Å². The van der Waals surface area contributed by atoms with Crippen LogP contribution in [0.3, 0.4) is 0 Å². The minimum Gasteiger partial charge on any atom is -0.314 e. The van der Waals surface area contributed by atoms with Crippen molar-refractivity contribution in [1.29, 1.82) is 0 Å². The molecule has 1 amide bonds. The molecule has 6 heteroatoms. The summed E-state index contributed by atoms with van der Waals surface area (Å²) in [7, 11) is -2.27. The van der Waals surface area contributed by atoms with Crippen LogP contribution in [0.5, 0.6) is 0 Å². The van der Waals surface area contributed by atoms with Gasteiger partial charge in [-0.05, 0) is 55.8 Å². The number of carbonyl (C=O) groups excluding carboxylic acids is 1. The lowest BCUT2D eigenvalue weighted by Crippen LogP contribution is -2.41. The number of aryl methyl sites for hydroxylation is 2. The van der Waals surface area contributed by atoms with Crippen LogP contribution >= 0.6 is 0 Å². The number of nitrogens with zero attached hydrogens (tertiary/aromatic N) is 2. The van der Waals surface area contributed by atoms with Gasteiger partial charge in [-0.25, -0.2) is 8.42 Å². The molecule has 5 nitrogen and oxygen atoms in total. The van der Waals surface area contributed by atoms with Crippen molar-refractivity contribution in [2.45, 2.75) is 18.7 Å². The van der Waals surface area contributed by atoms with Crippen molar-refractivity contribution < 1.29 is 13.2 Å². The molecule has 0 aliphatic rings. The van der Waals surface area contributed by atoms with Gasteiger partial charge in [0.2, 0.25) is 5.91 Å². The van der Waals surface area contributed by atoms with E-state index in [-0.39, 0.29) is 17.3 Å². The predicted octanol–water partition coefficient (Wildman–Crippen LogP) is 4.16. The molecule has 0 saturated heterocycles. The maximum Gasteiger partial charge on any atom is 0.264 e. The zero-order valence-electron chi connectivity index (χ0n) is 16.7. The highest BCUT2D eigenvalue weighted by atomic mass is 32.2. The summed E-state index contributed by atoms with van der Waals surface area (Å²) >= 11 is 0. The molecule has 0 aliphatic carbocycles. The van der Waals surface area contributed by atoms with E-state index in [0.29, 0.717) is 11.4 Å². The molecule has 3 rings (SSSR count). The molecule has 0 fully saturated rings. The average Bonchev–Trinajstić information content (AvgIpc) is 2.72. The van der Waals surface area contributed by atoms with E-state index in [1.807, 2.05) is 50.2 Å². The third kappa shape index (κ3) is 4.66. The van der Waals surface area contributed by atoms with Gasteiger partial charge in [0.15, 0.2) is 0 Å². The number of hydrogen-bond acceptors (Lipinski definition) is 3. The summed E-state index contributed by atoms with van der Waals surface area (Å²) in [6.07, 6.45) is 0. The second kappa shape index (κ2) is 8.49. The lowest BCUT2D eigenvalue weighted by Gasteiger charge is -2.27. The average molecular weight is 409 g/mol. The fraction of sp³-hybridized carbons (Fsp3) is 0.174. The summed E-state index contributed by atoms with van der Waals surface area (Å²) in [5.74, 6) is -0.326. The first kappa shape index (κ1) is 20.6. The van der Waals surface area contributed by atoms with Crippen molar-refractivity contribution in [2.75, 3.05) is 22.8 Å². The number of sulfonamides is 1. The van der Waals surface area contributed by atoms with E-state index >= 15 is 0 Å². The monoisotopic (exact) mass is 408 g/mol. The first-order valence-electron chi connectivity index (χ1n) is 9.27. The highest BCUT2D eigenvalue weighted by molar-refractivity contribution is 7.92. The van der Waals surface area contributed by atoms with Crippen LogP contribution in [-0.4, -0.2) is 27.9 Å². The minimum atomic E-state index is -3.91. The normalized spacial score (nSPS) is 11.1. The maximum absolute atomic E-state index is 13.4. The Bertz CT molecular complexity index is 1090. The predicted molar refractivity (Wildman–Crippen MR) is 117 cm³/mol. The summed E-state index contributed by atoms with van der Waals surface area (Å²) < 4.78 is 28.0. The van der Waals surface area contributed by atoms with Gasteiger partial charge in [0.25, 0.3) is 10.0 Å². The Kier molecular flexibility index (Phi) is 6.03. The van der Waals surface area contributed by atoms with Gasteiger partial charge in [0, 0.05) is 12.7 Å². The van der Waals surface area contributed by atoms with E-state index < -0.39 is 10.0 Å². The van der Waals surface area contributed by atoms with E-state index in [1.54, 1.807) is 49.5 Å². The van der Waals surface area contributed by atoms with Gasteiger partial charge < -0.3 is 4.90 Å². The van der Waals surface area contributed by atoms with Crippen LogP contribution < -0.4 is 9.21 Å². The minimum absolute atomic E-state index is 0.153. The molecule has 0 unspecified atom stereocenters. The fourth-order valence-corrected chi connectivity index (χ4v) is 4.37. The molecule has 0 radical (unpaired) electrons. The molecule has 0 spiro atoms. The van der Waals surface area contributed by atoms with Crippen molar-refractivity contribution >= 4 is 27.3 Å². The Morgan fingerprint density at radius 3 is 2.03 bits per heavy atom. The van der Waals surface area contributed by atoms with Gasteiger partial charge in [-0.15, -0.1) is 0 Å². The van der Waals surface area contributed by atoms with Crippen LogP contribution in [0.15, 0.2) is 83.8 Å². The smallest absolute Gasteiger partial charge is 0.264 e. The summed E-state index contributed by atoms with van der Waals surface area (Å²) in [5, 5.41) is 0. The molecule has 150 valence electrons. The number of anilines is 2. The van der Waals surface area contributed by atoms with Crippen molar-refractivity contribution in [3.63, 3.8) is 0 Å². The molecule has 3 aromatic carbocycles. The van der Waals surface area contributed by atoms with Gasteiger partial charge in [-0.1, -0.05) is 48.0 Å². The number of carbonyl (C=O) groups is 1. The molecule has 0 aliphatic heterocycles. The summed E-state index contributed by atoms with van der Waals surface area (Å²) in [6.45, 7) is 3.48. The van der Waals surface area contributed by atoms with Gasteiger partial charge in [-0.2, -0.15) is 0 Å². The molecular weight excluding hydrogens is 384 g/mol. The van der Waals surface area contributed by atoms with E-state index in [4.69, 9.17) is 0 Å². The third-order valence-electron chi connectivity index (χ3n) is 4.70. The van der Waals surface area contributed by atoms with Gasteiger partial charge in [0.05, 0.1) is 10.6 Å². The Morgan fingerprint density at radius 1 is 0.793 bits per heavy atom. The summed E-state index contributed by atoms with van der Waals surface area (Å²) in [4.78, 5) is 14.6. The fourth-order valence-electron chi connectivity index (χ4n) is 2.96. The van der Waals surface area contributed by atoms with E-state index in [2.05, 4.69) is 0 Å². The molecule has 0 saturated carbocycles. The Morgan fingerprint density at radius 2 is 1.41 bits per heavy atom. The standard InChI is InChI=1S/C23H24N2O3S/c1-18-12-14-22(15-13-18)29(27,28)25(21-11-7-8-19(2)16-21)17-23(26)24(3)20-9-5-4-6-10-20/h4-16H,17H2,1-3H3. The molecular formula is C23H24N2O3S. The highest BCUT2D eigenvalue weighted by Gasteiger charge is 2.28. The number of likely N-dealkylation sites (N-methyl/N-ethyl adjacent to an activating group) is 1. The lowest BCUT2D eigenvalue weighted by atomic mass is 10.2. The molecule has 0 N–H and O–H groups in total. The van der Waals surface area contributed by atoms with Crippen LogP contribution in [0.25, 0.3) is 0 Å². The van der Waals surface area contributed by atoms with E-state index in [9.17, 15) is 13.2 Å². The highest BCUT2D eigenvalue weighted by Crippen LogP contribution is 2.25. The third-order valence-corrected chi connectivity index (χ3v) is 6.48. The largest absolute Gasteiger partial charge is 0.314 e. The molecule has 0 aromatic heterocycles. The number of rotatable bonds is 6. The van der Waals surface area contributed by atoms with Crippen molar-refractivity contribution in [1.82, 2.24) is 0 Å². The van der Waals surface area contributed by atoms with E-state index in [1.165, 1.54) is 9.21 Å². The lowest BCUT2D eigenvalue weighted by molar-refractivity contribution is -0.116. The molecule has 29 heavy (non-hydrogen) atoms. The second-order valence-corrected chi connectivity index (χ2v) is 8.81. The summed E-state index contributed by atoms with van der Waals surface area (Å²) in [6, 6.07) is 22.9. The Balaban J connectivity index is 2.00. The first-order chi connectivity index (χ1) is 13.8. The zero-order valence-corrected chi connectivity index (χ0v) is 17.6. The Hall–Kier alpha value is -3.12. The SMILES string of the molecule is Cc1ccc(S(=O)(=O)N(CC(=O)N(C)c2ccccc2)c2cccc(C)c2)cc1. The molecule has 0 bridgehead atoms. The van der Waals surface area contributed by atoms with Crippen molar-refractivity contribution in [2.24, 2.45) is 0 Å². The Labute approximate surface area is 172 Å². The molecule has 3 aromatic rings. The topological polar surface area (TPSA) is 57.7 Å². The second-order valence-electron chi connectivity index (χ2n) is 6.95. The molecule has 0 heterocycles. The van der Waals surface area contributed by atoms with Crippen LogP contribution in [0.4, 0.5) is 11.4 Å². The maximum atomic E-state index is 13.4. The number of amides is 1. The van der Waals surface area contributed by atoms with Crippen molar-refractivity contribution in [3.05, 3.63) is 90.0 Å². The number of hydrogen-bond donors (Lipinski definition) is 0. The van der Waals surface area contributed by atoms with Crippen LogP contribution in [0, 0.1) is 13.8 Å². The van der Waals surface area contributed by atoms with Crippen LogP contribution in [-0.2, 0) is 14.8 Å². The van der Waals surface area contributed by atoms with Gasteiger partial charge in [0.1, 0.15) is 6.54 Å².